The van der Waals surface area contributed by atoms with Crippen molar-refractivity contribution in [1.29, 1.82) is 0 Å². The zero-order valence-electron chi connectivity index (χ0n) is 12.3. The molecule has 0 bridgehead atoms. The van der Waals surface area contributed by atoms with Gasteiger partial charge in [-0.1, -0.05) is 0 Å². The highest BCUT2D eigenvalue weighted by atomic mass is 79.9. The molecule has 0 aliphatic carbocycles. The summed E-state index contributed by atoms with van der Waals surface area (Å²) in [7, 11) is 0. The number of halogens is 1. The molecule has 10 heteroatoms. The van der Waals surface area contributed by atoms with Crippen molar-refractivity contribution in [2.24, 2.45) is 0 Å². The maximum Gasteiger partial charge on any atom is 0.296 e. The van der Waals surface area contributed by atoms with Gasteiger partial charge in [0.1, 0.15) is 11.3 Å². The zero-order chi connectivity index (χ0) is 16.8. The monoisotopic (exact) mass is 390 g/mol. The van der Waals surface area contributed by atoms with Gasteiger partial charge in [-0.2, -0.15) is 5.10 Å². The number of imidazole rings is 1. The molecule has 4 heterocycles. The number of nitro groups is 1. The molecule has 24 heavy (non-hydrogen) atoms. The van der Waals surface area contributed by atoms with Crippen molar-refractivity contribution in [3.05, 3.63) is 56.8 Å². The summed E-state index contributed by atoms with van der Waals surface area (Å²) in [6.45, 7) is 1.60. The molecule has 0 spiro atoms. The van der Waals surface area contributed by atoms with Crippen LogP contribution < -0.4 is 0 Å². The largest absolute Gasteiger partial charge is 0.332 e. The first kappa shape index (κ1) is 14.8. The molecular formula is C14H11BrN6O3. The molecule has 1 amide bonds. The van der Waals surface area contributed by atoms with Crippen LogP contribution in [0.1, 0.15) is 16.3 Å². The number of carbonyl (C=O) groups excluding carboxylic acids is 1. The van der Waals surface area contributed by atoms with Crippen LogP contribution in [0.2, 0.25) is 0 Å². The summed E-state index contributed by atoms with van der Waals surface area (Å²) in [5.74, 6) is 0.547. The van der Waals surface area contributed by atoms with Crippen LogP contribution in [-0.2, 0) is 13.1 Å². The standard InChI is InChI=1S/C14H11BrN6O3/c15-9-5-12(21(23)24)11-6-10(17-20(11)7-9)14(22)19-4-3-18-2-1-16-13(18)8-19/h1-2,5-7H,3-4,8H2. The van der Waals surface area contributed by atoms with Crippen LogP contribution in [0.15, 0.2) is 35.2 Å². The summed E-state index contributed by atoms with van der Waals surface area (Å²) in [6.07, 6.45) is 5.17. The fourth-order valence-corrected chi connectivity index (χ4v) is 3.21. The Balaban J connectivity index is 1.71. The quantitative estimate of drug-likeness (QED) is 0.491. The number of aromatic nitrogens is 4. The third-order valence-electron chi connectivity index (χ3n) is 3.97. The van der Waals surface area contributed by atoms with Crippen LogP contribution in [0.4, 0.5) is 5.69 Å². The van der Waals surface area contributed by atoms with E-state index in [2.05, 4.69) is 26.0 Å². The van der Waals surface area contributed by atoms with E-state index in [1.54, 1.807) is 17.3 Å². The lowest BCUT2D eigenvalue weighted by molar-refractivity contribution is -0.383. The molecule has 0 saturated heterocycles. The number of hydrogen-bond acceptors (Lipinski definition) is 5. The van der Waals surface area contributed by atoms with Crippen molar-refractivity contribution >= 4 is 33.0 Å². The first-order valence-electron chi connectivity index (χ1n) is 7.15. The van der Waals surface area contributed by atoms with Crippen molar-refractivity contribution in [2.45, 2.75) is 13.1 Å². The van der Waals surface area contributed by atoms with Gasteiger partial charge in [0.25, 0.3) is 11.6 Å². The normalized spacial score (nSPS) is 14.0. The molecule has 0 unspecified atom stereocenters. The smallest absolute Gasteiger partial charge is 0.296 e. The van der Waals surface area contributed by atoms with Gasteiger partial charge >= 0.3 is 0 Å². The first-order valence-corrected chi connectivity index (χ1v) is 7.95. The van der Waals surface area contributed by atoms with Crippen LogP contribution in [0.25, 0.3) is 5.52 Å². The van der Waals surface area contributed by atoms with Gasteiger partial charge in [-0.25, -0.2) is 9.50 Å². The first-order chi connectivity index (χ1) is 11.5. The number of carbonyl (C=O) groups is 1. The third kappa shape index (κ3) is 2.35. The molecule has 0 saturated carbocycles. The number of amides is 1. The van der Waals surface area contributed by atoms with Gasteiger partial charge in [-0.15, -0.1) is 0 Å². The van der Waals surface area contributed by atoms with Gasteiger partial charge in [0.05, 0.1) is 11.5 Å². The highest BCUT2D eigenvalue weighted by Crippen LogP contribution is 2.25. The fraction of sp³-hybridized carbons (Fsp3) is 0.214. The van der Waals surface area contributed by atoms with Gasteiger partial charge < -0.3 is 9.47 Å². The Morgan fingerprint density at radius 3 is 2.96 bits per heavy atom. The lowest BCUT2D eigenvalue weighted by atomic mass is 10.2. The van der Waals surface area contributed by atoms with Crippen molar-refractivity contribution in [2.75, 3.05) is 6.54 Å². The second-order valence-electron chi connectivity index (χ2n) is 5.42. The molecular weight excluding hydrogens is 380 g/mol. The summed E-state index contributed by atoms with van der Waals surface area (Å²) < 4.78 is 3.86. The third-order valence-corrected chi connectivity index (χ3v) is 4.40. The molecule has 122 valence electrons. The molecule has 0 radical (unpaired) electrons. The fourth-order valence-electron chi connectivity index (χ4n) is 2.80. The molecule has 0 N–H and O–H groups in total. The lowest BCUT2D eigenvalue weighted by Crippen LogP contribution is -2.38. The van der Waals surface area contributed by atoms with Crippen LogP contribution in [0.3, 0.4) is 0 Å². The summed E-state index contributed by atoms with van der Waals surface area (Å²) in [6, 6.07) is 2.84. The van der Waals surface area contributed by atoms with E-state index in [9.17, 15) is 14.9 Å². The average Bonchev–Trinajstić information content (AvgIpc) is 3.18. The van der Waals surface area contributed by atoms with E-state index in [4.69, 9.17) is 0 Å². The molecule has 1 aliphatic rings. The molecule has 0 atom stereocenters. The summed E-state index contributed by atoms with van der Waals surface area (Å²) in [5.41, 5.74) is 0.353. The molecule has 4 rings (SSSR count). The zero-order valence-corrected chi connectivity index (χ0v) is 13.9. The minimum Gasteiger partial charge on any atom is -0.332 e. The summed E-state index contributed by atoms with van der Waals surface area (Å²) >= 11 is 3.22. The highest BCUT2D eigenvalue weighted by molar-refractivity contribution is 9.10. The van der Waals surface area contributed by atoms with E-state index < -0.39 is 4.92 Å². The van der Waals surface area contributed by atoms with Crippen molar-refractivity contribution in [1.82, 2.24) is 24.1 Å². The van der Waals surface area contributed by atoms with E-state index in [-0.39, 0.29) is 22.8 Å². The van der Waals surface area contributed by atoms with Gasteiger partial charge in [0, 0.05) is 48.3 Å². The molecule has 3 aromatic heterocycles. The number of nitrogens with zero attached hydrogens (tertiary/aromatic N) is 6. The Kier molecular flexibility index (Phi) is 3.34. The Morgan fingerprint density at radius 2 is 2.17 bits per heavy atom. The average molecular weight is 391 g/mol. The maximum absolute atomic E-state index is 12.7. The highest BCUT2D eigenvalue weighted by Gasteiger charge is 2.26. The predicted molar refractivity (Wildman–Crippen MR) is 86.5 cm³/mol. The second-order valence-corrected chi connectivity index (χ2v) is 6.34. The van der Waals surface area contributed by atoms with Gasteiger partial charge in [0.2, 0.25) is 0 Å². The van der Waals surface area contributed by atoms with Crippen LogP contribution in [0, 0.1) is 10.1 Å². The molecule has 3 aromatic rings. The minimum absolute atomic E-state index is 0.106. The predicted octanol–water partition coefficient (Wildman–Crippen LogP) is 1.86. The van der Waals surface area contributed by atoms with E-state index in [1.165, 1.54) is 16.6 Å². The molecule has 1 aliphatic heterocycles. The Bertz CT molecular complexity index is 978. The number of fused-ring (bicyclic) bond motifs is 2. The number of hydrogen-bond donors (Lipinski definition) is 0. The van der Waals surface area contributed by atoms with Crippen LogP contribution in [0.5, 0.6) is 0 Å². The van der Waals surface area contributed by atoms with E-state index in [0.29, 0.717) is 24.1 Å². The van der Waals surface area contributed by atoms with Crippen LogP contribution >= 0.6 is 15.9 Å². The maximum atomic E-state index is 12.7. The van der Waals surface area contributed by atoms with Crippen molar-refractivity contribution in [3.8, 4) is 0 Å². The van der Waals surface area contributed by atoms with E-state index in [1.807, 2.05) is 10.8 Å². The van der Waals surface area contributed by atoms with Gasteiger partial charge in [-0.05, 0) is 15.9 Å². The number of pyridine rings is 1. The molecule has 0 aromatic carbocycles. The molecule has 0 fully saturated rings. The van der Waals surface area contributed by atoms with E-state index in [0.717, 1.165) is 5.82 Å². The van der Waals surface area contributed by atoms with Gasteiger partial charge in [-0.3, -0.25) is 14.9 Å². The summed E-state index contributed by atoms with van der Waals surface area (Å²) in [4.78, 5) is 29.3. The topological polar surface area (TPSA) is 98.6 Å². The Morgan fingerprint density at radius 1 is 1.33 bits per heavy atom. The van der Waals surface area contributed by atoms with Crippen molar-refractivity contribution < 1.29 is 9.72 Å². The van der Waals surface area contributed by atoms with E-state index >= 15 is 0 Å². The minimum atomic E-state index is -0.492. The van der Waals surface area contributed by atoms with Gasteiger partial charge in [0.15, 0.2) is 5.69 Å². The SMILES string of the molecule is O=C(c1cc2c([N+](=O)[O-])cc(Br)cn2n1)N1CCn2ccnc2C1. The van der Waals surface area contributed by atoms with Crippen molar-refractivity contribution in [3.63, 3.8) is 0 Å². The lowest BCUT2D eigenvalue weighted by Gasteiger charge is -2.26. The Hall–Kier alpha value is -2.75. The number of rotatable bonds is 2. The second kappa shape index (κ2) is 5.41. The van der Waals surface area contributed by atoms with Crippen LogP contribution in [-0.4, -0.2) is 41.4 Å². The molecule has 9 nitrogen and oxygen atoms in total. The summed E-state index contributed by atoms with van der Waals surface area (Å²) in [5, 5.41) is 15.4. The Labute approximate surface area is 143 Å².